The second-order valence-corrected chi connectivity index (χ2v) is 7.86. The van der Waals surface area contributed by atoms with Crippen molar-refractivity contribution in [1.29, 1.82) is 0 Å². The average molecular weight is 352 g/mol. The zero-order chi connectivity index (χ0) is 15.6. The molecule has 5 nitrogen and oxygen atoms in total. The van der Waals surface area contributed by atoms with Gasteiger partial charge in [0, 0.05) is 31.2 Å². The molecule has 1 aliphatic heterocycles. The molecule has 0 spiro atoms. The van der Waals surface area contributed by atoms with Crippen molar-refractivity contribution in [1.82, 2.24) is 9.21 Å². The molecule has 0 radical (unpaired) electrons. The largest absolute Gasteiger partial charge is 0.326 e. The Morgan fingerprint density at radius 2 is 1.86 bits per heavy atom. The Labute approximate surface area is 135 Å². The van der Waals surface area contributed by atoms with E-state index < -0.39 is 10.0 Å². The highest BCUT2D eigenvalue weighted by Crippen LogP contribution is 2.30. The summed E-state index contributed by atoms with van der Waals surface area (Å²) in [5.74, 6) is 0. The predicted molar refractivity (Wildman–Crippen MR) is 85.2 cm³/mol. The Morgan fingerprint density at radius 3 is 2.52 bits per heavy atom. The van der Waals surface area contributed by atoms with Crippen molar-refractivity contribution < 1.29 is 8.42 Å². The molecule has 0 amide bonds. The van der Waals surface area contributed by atoms with Crippen molar-refractivity contribution >= 4 is 33.2 Å². The van der Waals surface area contributed by atoms with Crippen LogP contribution in [0.15, 0.2) is 17.0 Å². The van der Waals surface area contributed by atoms with Gasteiger partial charge in [0.05, 0.1) is 5.02 Å². The summed E-state index contributed by atoms with van der Waals surface area (Å²) in [6.45, 7) is 2.70. The van der Waals surface area contributed by atoms with Crippen molar-refractivity contribution in [2.45, 2.75) is 17.9 Å². The number of benzene rings is 1. The molecule has 1 fully saturated rings. The molecule has 1 aromatic rings. The standard InChI is InChI=1S/C13H19Cl2N3O2S/c1-17-3-2-4-18(6-5-17)21(19,20)13-7-10(9-16)11(14)8-12(13)15/h7-8H,2-6,9,16H2,1H3. The summed E-state index contributed by atoms with van der Waals surface area (Å²) >= 11 is 12.1. The Balaban J connectivity index is 2.39. The molecule has 2 rings (SSSR count). The van der Waals surface area contributed by atoms with Crippen molar-refractivity contribution in [2.75, 3.05) is 33.2 Å². The van der Waals surface area contributed by atoms with Crippen LogP contribution in [-0.2, 0) is 16.6 Å². The van der Waals surface area contributed by atoms with Gasteiger partial charge in [0.25, 0.3) is 0 Å². The van der Waals surface area contributed by atoms with Gasteiger partial charge < -0.3 is 10.6 Å². The van der Waals surface area contributed by atoms with E-state index in [4.69, 9.17) is 28.9 Å². The molecule has 0 aliphatic carbocycles. The molecule has 2 N–H and O–H groups in total. The maximum absolute atomic E-state index is 12.8. The monoisotopic (exact) mass is 351 g/mol. The smallest absolute Gasteiger partial charge is 0.244 e. The molecule has 21 heavy (non-hydrogen) atoms. The van der Waals surface area contributed by atoms with Gasteiger partial charge >= 0.3 is 0 Å². The van der Waals surface area contributed by atoms with Gasteiger partial charge in [0.1, 0.15) is 4.90 Å². The minimum Gasteiger partial charge on any atom is -0.326 e. The highest BCUT2D eigenvalue weighted by Gasteiger charge is 2.28. The van der Waals surface area contributed by atoms with E-state index in [2.05, 4.69) is 4.90 Å². The van der Waals surface area contributed by atoms with E-state index in [0.717, 1.165) is 13.0 Å². The molecule has 0 aromatic heterocycles. The second-order valence-electron chi connectivity index (χ2n) is 5.14. The van der Waals surface area contributed by atoms with Gasteiger partial charge in [0.15, 0.2) is 0 Å². The first-order valence-corrected chi connectivity index (χ1v) is 8.92. The first-order valence-electron chi connectivity index (χ1n) is 6.73. The highest BCUT2D eigenvalue weighted by molar-refractivity contribution is 7.89. The van der Waals surface area contributed by atoms with E-state index in [0.29, 0.717) is 30.2 Å². The van der Waals surface area contributed by atoms with E-state index in [9.17, 15) is 8.42 Å². The van der Waals surface area contributed by atoms with Crippen LogP contribution in [0.2, 0.25) is 10.0 Å². The van der Waals surface area contributed by atoms with Crippen molar-refractivity contribution in [3.63, 3.8) is 0 Å². The number of hydrogen-bond acceptors (Lipinski definition) is 4. The van der Waals surface area contributed by atoms with Crippen LogP contribution in [0.25, 0.3) is 0 Å². The molecule has 0 unspecified atom stereocenters. The van der Waals surface area contributed by atoms with Crippen LogP contribution < -0.4 is 5.73 Å². The Morgan fingerprint density at radius 1 is 1.14 bits per heavy atom. The van der Waals surface area contributed by atoms with Gasteiger partial charge in [-0.15, -0.1) is 0 Å². The minimum atomic E-state index is -3.63. The summed E-state index contributed by atoms with van der Waals surface area (Å²) < 4.78 is 27.1. The maximum atomic E-state index is 12.8. The van der Waals surface area contributed by atoms with Crippen LogP contribution in [-0.4, -0.2) is 50.8 Å². The van der Waals surface area contributed by atoms with Crippen LogP contribution in [0.5, 0.6) is 0 Å². The number of nitrogens with zero attached hydrogens (tertiary/aromatic N) is 2. The first-order chi connectivity index (χ1) is 9.86. The summed E-state index contributed by atoms with van der Waals surface area (Å²) in [4.78, 5) is 2.20. The topological polar surface area (TPSA) is 66.6 Å². The third-order valence-corrected chi connectivity index (χ3v) is 6.33. The van der Waals surface area contributed by atoms with Gasteiger partial charge in [-0.05, 0) is 37.7 Å². The molecule has 0 atom stereocenters. The quantitative estimate of drug-likeness (QED) is 0.901. The zero-order valence-electron chi connectivity index (χ0n) is 11.8. The van der Waals surface area contributed by atoms with E-state index in [1.54, 1.807) is 0 Å². The molecule has 0 bridgehead atoms. The molecule has 1 aromatic carbocycles. The number of halogens is 2. The summed E-state index contributed by atoms with van der Waals surface area (Å²) in [6, 6.07) is 2.93. The lowest BCUT2D eigenvalue weighted by Crippen LogP contribution is -2.34. The van der Waals surface area contributed by atoms with E-state index >= 15 is 0 Å². The van der Waals surface area contributed by atoms with E-state index in [1.807, 2.05) is 7.05 Å². The van der Waals surface area contributed by atoms with E-state index in [-0.39, 0.29) is 16.5 Å². The normalized spacial score (nSPS) is 18.7. The SMILES string of the molecule is CN1CCCN(S(=O)(=O)c2cc(CN)c(Cl)cc2Cl)CC1. The highest BCUT2D eigenvalue weighted by atomic mass is 35.5. The minimum absolute atomic E-state index is 0.0820. The molecular formula is C13H19Cl2N3O2S. The van der Waals surface area contributed by atoms with Crippen molar-refractivity contribution in [3.8, 4) is 0 Å². The molecule has 118 valence electrons. The fourth-order valence-electron chi connectivity index (χ4n) is 2.33. The van der Waals surface area contributed by atoms with Crippen LogP contribution in [0.3, 0.4) is 0 Å². The van der Waals surface area contributed by atoms with Crippen LogP contribution in [0, 0.1) is 0 Å². The lowest BCUT2D eigenvalue weighted by Gasteiger charge is -2.21. The number of likely N-dealkylation sites (N-methyl/N-ethyl adjacent to an activating group) is 1. The summed E-state index contributed by atoms with van der Waals surface area (Å²) in [5, 5.41) is 0.520. The van der Waals surface area contributed by atoms with Gasteiger partial charge in [-0.1, -0.05) is 23.2 Å². The lowest BCUT2D eigenvalue weighted by molar-refractivity contribution is 0.347. The molecular weight excluding hydrogens is 333 g/mol. The van der Waals surface area contributed by atoms with Gasteiger partial charge in [-0.3, -0.25) is 0 Å². The number of rotatable bonds is 3. The predicted octanol–water partition coefficient (Wildman–Crippen LogP) is 1.78. The molecule has 1 saturated heterocycles. The molecule has 1 heterocycles. The number of nitrogens with two attached hydrogens (primary N) is 1. The van der Waals surface area contributed by atoms with E-state index in [1.165, 1.54) is 16.4 Å². The third-order valence-electron chi connectivity index (χ3n) is 3.62. The lowest BCUT2D eigenvalue weighted by atomic mass is 10.2. The summed E-state index contributed by atoms with van der Waals surface area (Å²) in [6.07, 6.45) is 0.796. The fraction of sp³-hybridized carbons (Fsp3) is 0.538. The first kappa shape index (κ1) is 17.0. The van der Waals surface area contributed by atoms with Crippen molar-refractivity contribution in [2.24, 2.45) is 5.73 Å². The maximum Gasteiger partial charge on any atom is 0.244 e. The molecule has 0 saturated carbocycles. The Bertz CT molecular complexity index is 622. The van der Waals surface area contributed by atoms with Crippen LogP contribution in [0.4, 0.5) is 0 Å². The number of hydrogen-bond donors (Lipinski definition) is 1. The second kappa shape index (κ2) is 6.81. The van der Waals surface area contributed by atoms with Crippen LogP contribution >= 0.6 is 23.2 Å². The number of sulfonamides is 1. The fourth-order valence-corrected chi connectivity index (χ4v) is 4.65. The Kier molecular flexibility index (Phi) is 5.51. The Hall–Kier alpha value is -0.370. The zero-order valence-corrected chi connectivity index (χ0v) is 14.2. The van der Waals surface area contributed by atoms with Crippen LogP contribution in [0.1, 0.15) is 12.0 Å². The third kappa shape index (κ3) is 3.70. The summed E-state index contributed by atoms with van der Waals surface area (Å²) in [7, 11) is -1.64. The van der Waals surface area contributed by atoms with Gasteiger partial charge in [0.2, 0.25) is 10.0 Å². The summed E-state index contributed by atoms with van der Waals surface area (Å²) in [5.41, 5.74) is 6.17. The average Bonchev–Trinajstić information content (AvgIpc) is 2.63. The molecule has 1 aliphatic rings. The van der Waals surface area contributed by atoms with Gasteiger partial charge in [-0.25, -0.2) is 8.42 Å². The molecule has 8 heteroatoms. The van der Waals surface area contributed by atoms with Crippen molar-refractivity contribution in [3.05, 3.63) is 27.7 Å². The van der Waals surface area contributed by atoms with Gasteiger partial charge in [-0.2, -0.15) is 4.31 Å².